The van der Waals surface area contributed by atoms with Gasteiger partial charge < -0.3 is 0 Å². The Morgan fingerprint density at radius 3 is 2.31 bits per heavy atom. The largest absolute Gasteiger partial charge is 0.204 e. The molecule has 16 heavy (non-hydrogen) atoms. The second-order valence-corrected chi connectivity index (χ2v) is 4.15. The van der Waals surface area contributed by atoms with Crippen LogP contribution >= 0.6 is 11.8 Å². The third-order valence-corrected chi connectivity index (χ3v) is 3.14. The van der Waals surface area contributed by atoms with Crippen molar-refractivity contribution in [2.24, 2.45) is 0 Å². The minimum atomic E-state index is -0.812. The molecule has 2 aromatic carbocycles. The molecule has 0 bridgehead atoms. The summed E-state index contributed by atoms with van der Waals surface area (Å²) in [7, 11) is 0. The van der Waals surface area contributed by atoms with Crippen molar-refractivity contribution in [1.82, 2.24) is 0 Å². The monoisotopic (exact) mass is 236 g/mol. The van der Waals surface area contributed by atoms with Crippen LogP contribution in [0.15, 0.2) is 47.4 Å². The van der Waals surface area contributed by atoms with Crippen LogP contribution in [0.2, 0.25) is 0 Å². The molecule has 2 rings (SSSR count). The van der Waals surface area contributed by atoms with Crippen LogP contribution in [0.4, 0.5) is 8.78 Å². The molecule has 0 nitrogen and oxygen atoms in total. The predicted molar refractivity (Wildman–Crippen MR) is 63.6 cm³/mol. The van der Waals surface area contributed by atoms with Crippen LogP contribution in [0.5, 0.6) is 0 Å². The van der Waals surface area contributed by atoms with E-state index in [1.807, 2.05) is 24.5 Å². The molecule has 0 amide bonds. The molecule has 82 valence electrons. The predicted octanol–water partition coefficient (Wildman–Crippen LogP) is 4.35. The lowest BCUT2D eigenvalue weighted by atomic mass is 10.1. The Hall–Kier alpha value is -1.35. The fourth-order valence-corrected chi connectivity index (χ4v) is 2.19. The molecule has 0 aliphatic carbocycles. The Morgan fingerprint density at radius 1 is 0.875 bits per heavy atom. The lowest BCUT2D eigenvalue weighted by molar-refractivity contribution is 0.511. The molecule has 0 saturated carbocycles. The van der Waals surface area contributed by atoms with Crippen molar-refractivity contribution in [3.8, 4) is 11.1 Å². The zero-order valence-corrected chi connectivity index (χ0v) is 9.52. The number of thioether (sulfide) groups is 1. The van der Waals surface area contributed by atoms with Crippen LogP contribution in [0.3, 0.4) is 0 Å². The van der Waals surface area contributed by atoms with E-state index < -0.39 is 11.6 Å². The average Bonchev–Trinajstić information content (AvgIpc) is 2.33. The van der Waals surface area contributed by atoms with E-state index in [2.05, 4.69) is 0 Å². The minimum Gasteiger partial charge on any atom is -0.204 e. The van der Waals surface area contributed by atoms with Crippen LogP contribution in [0.1, 0.15) is 0 Å². The minimum absolute atomic E-state index is 0.310. The Morgan fingerprint density at radius 2 is 1.56 bits per heavy atom. The standard InChI is InChI=1S/C13H10F2S/c1-16-12-8-3-2-5-9(12)10-6-4-7-11(14)13(10)15/h2-8H,1H3. The van der Waals surface area contributed by atoms with E-state index in [-0.39, 0.29) is 0 Å². The van der Waals surface area contributed by atoms with Gasteiger partial charge in [0.15, 0.2) is 11.6 Å². The number of benzene rings is 2. The number of hydrogen-bond donors (Lipinski definition) is 0. The summed E-state index contributed by atoms with van der Waals surface area (Å²) in [5, 5.41) is 0. The van der Waals surface area contributed by atoms with Gasteiger partial charge >= 0.3 is 0 Å². The molecule has 0 spiro atoms. The summed E-state index contributed by atoms with van der Waals surface area (Å²) in [6.07, 6.45) is 1.91. The van der Waals surface area contributed by atoms with E-state index in [9.17, 15) is 8.78 Å². The molecule has 0 heterocycles. The molecule has 0 aromatic heterocycles. The summed E-state index contributed by atoms with van der Waals surface area (Å²) < 4.78 is 26.7. The smallest absolute Gasteiger partial charge is 0.166 e. The fourth-order valence-electron chi connectivity index (χ4n) is 1.58. The normalized spacial score (nSPS) is 10.4. The summed E-state index contributed by atoms with van der Waals surface area (Å²) in [5.41, 5.74) is 1.04. The van der Waals surface area contributed by atoms with Gasteiger partial charge in [-0.2, -0.15) is 0 Å². The fraction of sp³-hybridized carbons (Fsp3) is 0.0769. The summed E-state index contributed by atoms with van der Waals surface area (Å²) in [5.74, 6) is -1.60. The van der Waals surface area contributed by atoms with Gasteiger partial charge in [-0.05, 0) is 24.0 Å². The highest BCUT2D eigenvalue weighted by atomic mass is 32.2. The first-order chi connectivity index (χ1) is 7.74. The molecule has 0 N–H and O–H groups in total. The molecule has 2 aromatic rings. The molecular formula is C13H10F2S. The zero-order valence-electron chi connectivity index (χ0n) is 8.71. The second kappa shape index (κ2) is 4.66. The maximum Gasteiger partial charge on any atom is 0.166 e. The lowest BCUT2D eigenvalue weighted by Gasteiger charge is -2.08. The molecule has 0 unspecified atom stereocenters. The highest BCUT2D eigenvalue weighted by Crippen LogP contribution is 2.32. The van der Waals surface area contributed by atoms with Crippen LogP contribution in [0, 0.1) is 11.6 Å². The molecule has 0 atom stereocenters. The zero-order chi connectivity index (χ0) is 11.5. The first-order valence-electron chi connectivity index (χ1n) is 4.81. The Labute approximate surface area is 97.3 Å². The molecule has 0 radical (unpaired) electrons. The van der Waals surface area contributed by atoms with Crippen LogP contribution in [-0.2, 0) is 0 Å². The van der Waals surface area contributed by atoms with E-state index >= 15 is 0 Å². The molecule has 0 fully saturated rings. The highest BCUT2D eigenvalue weighted by Gasteiger charge is 2.11. The maximum atomic E-state index is 13.6. The number of hydrogen-bond acceptors (Lipinski definition) is 1. The van der Waals surface area contributed by atoms with E-state index in [0.717, 1.165) is 16.5 Å². The molecule has 0 aliphatic rings. The Kier molecular flexibility index (Phi) is 3.25. The Bertz CT molecular complexity index is 509. The van der Waals surface area contributed by atoms with Crippen LogP contribution in [0.25, 0.3) is 11.1 Å². The van der Waals surface area contributed by atoms with Crippen LogP contribution < -0.4 is 0 Å². The van der Waals surface area contributed by atoms with Gasteiger partial charge in [0.25, 0.3) is 0 Å². The van der Waals surface area contributed by atoms with Gasteiger partial charge in [0.05, 0.1) is 0 Å². The molecule has 0 aliphatic heterocycles. The number of halogens is 2. The summed E-state index contributed by atoms with van der Waals surface area (Å²) >= 11 is 1.52. The van der Waals surface area contributed by atoms with Gasteiger partial charge in [-0.25, -0.2) is 8.78 Å². The van der Waals surface area contributed by atoms with Gasteiger partial charge in [-0.1, -0.05) is 30.3 Å². The van der Waals surface area contributed by atoms with Gasteiger partial charge in [0.1, 0.15) is 0 Å². The van der Waals surface area contributed by atoms with Gasteiger partial charge in [-0.15, -0.1) is 11.8 Å². The van der Waals surface area contributed by atoms with Crippen molar-refractivity contribution in [3.05, 3.63) is 54.1 Å². The highest BCUT2D eigenvalue weighted by molar-refractivity contribution is 7.98. The summed E-state index contributed by atoms with van der Waals surface area (Å²) in [6.45, 7) is 0. The summed E-state index contributed by atoms with van der Waals surface area (Å²) in [6, 6.07) is 11.6. The summed E-state index contributed by atoms with van der Waals surface area (Å²) in [4.78, 5) is 0.937. The van der Waals surface area contributed by atoms with Crippen molar-refractivity contribution in [3.63, 3.8) is 0 Å². The van der Waals surface area contributed by atoms with E-state index in [4.69, 9.17) is 0 Å². The van der Waals surface area contributed by atoms with Crippen molar-refractivity contribution >= 4 is 11.8 Å². The van der Waals surface area contributed by atoms with Crippen molar-refractivity contribution in [1.29, 1.82) is 0 Å². The third-order valence-electron chi connectivity index (χ3n) is 2.35. The third kappa shape index (κ3) is 1.95. The second-order valence-electron chi connectivity index (χ2n) is 3.30. The topological polar surface area (TPSA) is 0 Å². The van der Waals surface area contributed by atoms with Crippen molar-refractivity contribution in [2.75, 3.05) is 6.26 Å². The quantitative estimate of drug-likeness (QED) is 0.698. The van der Waals surface area contributed by atoms with Crippen molar-refractivity contribution in [2.45, 2.75) is 4.90 Å². The van der Waals surface area contributed by atoms with Gasteiger partial charge in [0.2, 0.25) is 0 Å². The first kappa shape index (κ1) is 11.1. The maximum absolute atomic E-state index is 13.6. The molecule has 3 heteroatoms. The number of rotatable bonds is 2. The average molecular weight is 236 g/mol. The molecule has 0 saturated heterocycles. The van der Waals surface area contributed by atoms with E-state index in [0.29, 0.717) is 5.56 Å². The van der Waals surface area contributed by atoms with Gasteiger partial charge in [-0.3, -0.25) is 0 Å². The lowest BCUT2D eigenvalue weighted by Crippen LogP contribution is -1.90. The van der Waals surface area contributed by atoms with Crippen LogP contribution in [-0.4, -0.2) is 6.26 Å². The van der Waals surface area contributed by atoms with E-state index in [1.165, 1.54) is 17.8 Å². The van der Waals surface area contributed by atoms with Crippen molar-refractivity contribution < 1.29 is 8.78 Å². The Balaban J connectivity index is 2.63. The van der Waals surface area contributed by atoms with E-state index in [1.54, 1.807) is 12.1 Å². The SMILES string of the molecule is CSc1ccccc1-c1cccc(F)c1F. The first-order valence-corrected chi connectivity index (χ1v) is 6.04. The van der Waals surface area contributed by atoms with Gasteiger partial charge in [0, 0.05) is 10.5 Å². The molecular weight excluding hydrogens is 226 g/mol.